The van der Waals surface area contributed by atoms with Crippen molar-refractivity contribution in [2.75, 3.05) is 0 Å². The topological polar surface area (TPSA) is 40.1 Å². The lowest BCUT2D eigenvalue weighted by Gasteiger charge is -2.26. The summed E-state index contributed by atoms with van der Waals surface area (Å²) in [6, 6.07) is 0. The van der Waals surface area contributed by atoms with Gasteiger partial charge in [-0.3, -0.25) is 0 Å². The number of carbonyl (C=O) groups excluding carboxylic acids is 1. The molecule has 0 amide bonds. The Morgan fingerprint density at radius 2 is 2.10 bits per heavy atom. The van der Waals surface area contributed by atoms with E-state index in [0.29, 0.717) is 6.42 Å². The highest BCUT2D eigenvalue weighted by Crippen LogP contribution is 2.24. The van der Waals surface area contributed by atoms with Crippen molar-refractivity contribution in [2.45, 2.75) is 32.0 Å². The molecule has 0 fully saturated rings. The second-order valence-electron chi connectivity index (χ2n) is 3.16. The number of rotatable bonds is 3. The number of carboxylic acid groups (broad SMARTS) is 1. The summed E-state index contributed by atoms with van der Waals surface area (Å²) < 4.78 is 0. The first-order valence-corrected chi connectivity index (χ1v) is 4.13. The Labute approximate surface area is 69.8 Å². The number of aliphatic carboxylic acids is 1. The van der Waals surface area contributed by atoms with Crippen molar-refractivity contribution < 1.29 is 9.90 Å². The molecule has 1 atom stereocenters. The molecule has 0 aliphatic heterocycles. The second-order valence-corrected chi connectivity index (χ2v) is 4.72. The minimum atomic E-state index is -0.987. The van der Waals surface area contributed by atoms with E-state index < -0.39 is 11.4 Å². The highest BCUT2D eigenvalue weighted by Gasteiger charge is 2.20. The molecule has 0 aromatic rings. The Morgan fingerprint density at radius 3 is 2.20 bits per heavy atom. The summed E-state index contributed by atoms with van der Waals surface area (Å²) in [5, 5.41) is 10.4. The molecule has 0 aliphatic carbocycles. The van der Waals surface area contributed by atoms with Gasteiger partial charge in [-0.15, -0.1) is 0 Å². The predicted octanol–water partition coefficient (Wildman–Crippen LogP) is 0.936. The van der Waals surface area contributed by atoms with Crippen molar-refractivity contribution in [1.82, 2.24) is 0 Å². The van der Waals surface area contributed by atoms with Gasteiger partial charge in [0.15, 0.2) is 0 Å². The molecule has 1 unspecified atom stereocenters. The summed E-state index contributed by atoms with van der Waals surface area (Å²) in [6.07, 6.45) is 0.593. The van der Waals surface area contributed by atoms with Gasteiger partial charge in [-0.25, -0.2) is 0 Å². The molecule has 0 saturated carbocycles. The first-order chi connectivity index (χ1) is 4.36. The van der Waals surface area contributed by atoms with Gasteiger partial charge in [0, 0.05) is 16.2 Å². The highest BCUT2D eigenvalue weighted by atomic mass is 79.9. The number of halogens is 1. The third-order valence-corrected chi connectivity index (χ3v) is 1.67. The van der Waals surface area contributed by atoms with Gasteiger partial charge in [0.1, 0.15) is 0 Å². The zero-order chi connectivity index (χ0) is 8.36. The Kier molecular flexibility index (Phi) is 3.36. The molecule has 0 saturated heterocycles. The number of carbonyl (C=O) groups is 1. The van der Waals surface area contributed by atoms with Crippen LogP contribution in [0.5, 0.6) is 0 Å². The molecule has 0 aliphatic rings. The smallest absolute Gasteiger partial charge is 0.0471 e. The maximum Gasteiger partial charge on any atom is 0.0471 e. The quantitative estimate of drug-likeness (QED) is 0.647. The summed E-state index contributed by atoms with van der Waals surface area (Å²) in [7, 11) is 0. The van der Waals surface area contributed by atoms with Crippen LogP contribution >= 0.6 is 15.9 Å². The standard InChI is InChI=1S/C7H13BrO2/c1-5(8)4-7(2,3)6(9)10/h5H,4H2,1-3H3,(H,9,10)/p-1. The van der Waals surface area contributed by atoms with Crippen LogP contribution in [0.15, 0.2) is 0 Å². The molecule has 10 heavy (non-hydrogen) atoms. The van der Waals surface area contributed by atoms with Crippen molar-refractivity contribution in [3.63, 3.8) is 0 Å². The Bertz CT molecular complexity index is 130. The van der Waals surface area contributed by atoms with Gasteiger partial charge in [0.05, 0.1) is 0 Å². The van der Waals surface area contributed by atoms with E-state index in [1.807, 2.05) is 6.92 Å². The van der Waals surface area contributed by atoms with Gasteiger partial charge in [0.25, 0.3) is 0 Å². The first kappa shape index (κ1) is 9.95. The van der Waals surface area contributed by atoms with Gasteiger partial charge >= 0.3 is 0 Å². The molecular weight excluding hydrogens is 196 g/mol. The van der Waals surface area contributed by atoms with Crippen molar-refractivity contribution >= 4 is 21.9 Å². The normalized spacial score (nSPS) is 14.8. The van der Waals surface area contributed by atoms with Crippen LogP contribution in [0.1, 0.15) is 27.2 Å². The SMILES string of the molecule is CC(Br)CC(C)(C)C(=O)[O-]. The van der Waals surface area contributed by atoms with E-state index in [-0.39, 0.29) is 4.83 Å². The molecule has 0 radical (unpaired) electrons. The molecule has 0 N–H and O–H groups in total. The number of hydrogen-bond donors (Lipinski definition) is 0. The Balaban J connectivity index is 4.00. The van der Waals surface area contributed by atoms with E-state index in [4.69, 9.17) is 0 Å². The summed E-state index contributed by atoms with van der Waals surface area (Å²) in [4.78, 5) is 10.6. The Hall–Kier alpha value is -0.0500. The molecule has 0 aromatic heterocycles. The van der Waals surface area contributed by atoms with E-state index in [1.165, 1.54) is 0 Å². The van der Waals surface area contributed by atoms with Crippen LogP contribution in [0.3, 0.4) is 0 Å². The molecule has 60 valence electrons. The summed E-state index contributed by atoms with van der Waals surface area (Å²) >= 11 is 3.29. The molecule has 0 aromatic carbocycles. The van der Waals surface area contributed by atoms with Crippen LogP contribution in [0.4, 0.5) is 0 Å². The molecule has 0 rings (SSSR count). The monoisotopic (exact) mass is 207 g/mol. The summed E-state index contributed by atoms with van der Waals surface area (Å²) in [5.74, 6) is -0.987. The number of hydrogen-bond acceptors (Lipinski definition) is 2. The van der Waals surface area contributed by atoms with Gasteiger partial charge in [-0.2, -0.15) is 0 Å². The van der Waals surface area contributed by atoms with Crippen molar-refractivity contribution in [3.05, 3.63) is 0 Å². The van der Waals surface area contributed by atoms with Crippen LogP contribution in [-0.2, 0) is 4.79 Å². The average Bonchev–Trinajstić information content (AvgIpc) is 1.60. The van der Waals surface area contributed by atoms with Crippen LogP contribution in [0.25, 0.3) is 0 Å². The number of carboxylic acids is 1. The molecule has 0 heterocycles. The molecular formula is C7H12BrO2-. The third-order valence-electron chi connectivity index (χ3n) is 1.34. The van der Waals surface area contributed by atoms with Gasteiger partial charge in [0.2, 0.25) is 0 Å². The van der Waals surface area contributed by atoms with Crippen LogP contribution in [0.2, 0.25) is 0 Å². The van der Waals surface area contributed by atoms with Crippen LogP contribution in [0, 0.1) is 5.41 Å². The lowest BCUT2D eigenvalue weighted by Crippen LogP contribution is -2.39. The summed E-state index contributed by atoms with van der Waals surface area (Å²) in [6.45, 7) is 5.25. The maximum absolute atomic E-state index is 10.4. The van der Waals surface area contributed by atoms with E-state index in [1.54, 1.807) is 13.8 Å². The van der Waals surface area contributed by atoms with Crippen molar-refractivity contribution in [1.29, 1.82) is 0 Å². The third kappa shape index (κ3) is 3.20. The van der Waals surface area contributed by atoms with E-state index in [2.05, 4.69) is 15.9 Å². The number of alkyl halides is 1. The van der Waals surface area contributed by atoms with Crippen molar-refractivity contribution in [2.24, 2.45) is 5.41 Å². The highest BCUT2D eigenvalue weighted by molar-refractivity contribution is 9.09. The molecule has 2 nitrogen and oxygen atoms in total. The van der Waals surface area contributed by atoms with E-state index in [0.717, 1.165) is 0 Å². The Morgan fingerprint density at radius 1 is 1.70 bits per heavy atom. The maximum atomic E-state index is 10.4. The largest absolute Gasteiger partial charge is 0.550 e. The molecule has 0 bridgehead atoms. The minimum Gasteiger partial charge on any atom is -0.550 e. The first-order valence-electron chi connectivity index (χ1n) is 3.22. The lowest BCUT2D eigenvalue weighted by atomic mass is 9.88. The van der Waals surface area contributed by atoms with Gasteiger partial charge in [-0.05, 0) is 6.42 Å². The predicted molar refractivity (Wildman–Crippen MR) is 41.8 cm³/mol. The zero-order valence-electron chi connectivity index (χ0n) is 6.48. The molecule has 0 spiro atoms. The summed E-state index contributed by atoms with van der Waals surface area (Å²) in [5.41, 5.74) is -0.719. The van der Waals surface area contributed by atoms with E-state index >= 15 is 0 Å². The fraction of sp³-hybridized carbons (Fsp3) is 0.857. The second kappa shape index (κ2) is 3.37. The van der Waals surface area contributed by atoms with E-state index in [9.17, 15) is 9.90 Å². The fourth-order valence-electron chi connectivity index (χ4n) is 0.787. The lowest BCUT2D eigenvalue weighted by molar-refractivity contribution is -0.317. The van der Waals surface area contributed by atoms with Crippen LogP contribution in [-0.4, -0.2) is 10.8 Å². The average molecular weight is 208 g/mol. The fourth-order valence-corrected chi connectivity index (χ4v) is 1.60. The van der Waals surface area contributed by atoms with Gasteiger partial charge < -0.3 is 9.90 Å². The molecule has 3 heteroatoms. The van der Waals surface area contributed by atoms with Crippen molar-refractivity contribution in [3.8, 4) is 0 Å². The van der Waals surface area contributed by atoms with Gasteiger partial charge in [-0.1, -0.05) is 36.7 Å². The zero-order valence-corrected chi connectivity index (χ0v) is 8.06. The van der Waals surface area contributed by atoms with Crippen LogP contribution < -0.4 is 5.11 Å². The minimum absolute atomic E-state index is 0.223.